The van der Waals surface area contributed by atoms with Crippen molar-refractivity contribution in [1.82, 2.24) is 10.3 Å². The van der Waals surface area contributed by atoms with Gasteiger partial charge in [-0.25, -0.2) is 9.37 Å². The van der Waals surface area contributed by atoms with Crippen molar-refractivity contribution >= 4 is 32.6 Å². The van der Waals surface area contributed by atoms with Crippen molar-refractivity contribution in [3.63, 3.8) is 0 Å². The Morgan fingerprint density at radius 3 is 2.81 bits per heavy atom. The van der Waals surface area contributed by atoms with E-state index < -0.39 is 0 Å². The number of fused-ring (bicyclic) bond motifs is 1. The van der Waals surface area contributed by atoms with Crippen molar-refractivity contribution < 1.29 is 13.9 Å². The summed E-state index contributed by atoms with van der Waals surface area (Å²) in [6.07, 6.45) is 0.697. The molecular weight excluding hydrogens is 365 g/mol. The highest BCUT2D eigenvalue weighted by Gasteiger charge is 2.34. The van der Waals surface area contributed by atoms with Crippen molar-refractivity contribution in [2.45, 2.75) is 6.42 Å². The Morgan fingerprint density at radius 2 is 2.07 bits per heavy atom. The van der Waals surface area contributed by atoms with Gasteiger partial charge >= 0.3 is 0 Å². The summed E-state index contributed by atoms with van der Waals surface area (Å²) in [5, 5.41) is 3.91. The second kappa shape index (κ2) is 7.52. The van der Waals surface area contributed by atoms with Gasteiger partial charge in [-0.3, -0.25) is 4.79 Å². The Bertz CT molecular complexity index is 952. The highest BCUT2D eigenvalue weighted by Crippen LogP contribution is 2.34. The van der Waals surface area contributed by atoms with E-state index in [9.17, 15) is 9.18 Å². The molecule has 3 aromatic rings. The van der Waals surface area contributed by atoms with E-state index in [-0.39, 0.29) is 17.6 Å². The zero-order chi connectivity index (χ0) is 18.8. The molecule has 0 saturated carbocycles. The molecule has 2 heterocycles. The number of carbonyl (C=O) groups is 1. The van der Waals surface area contributed by atoms with Crippen molar-refractivity contribution in [3.8, 4) is 5.75 Å². The molecule has 2 aromatic carbocycles. The second-order valence-electron chi connectivity index (χ2n) is 6.60. The van der Waals surface area contributed by atoms with E-state index in [2.05, 4.69) is 15.2 Å². The molecule has 1 saturated heterocycles. The van der Waals surface area contributed by atoms with Crippen LogP contribution in [-0.4, -0.2) is 37.6 Å². The molecule has 0 radical (unpaired) electrons. The third-order valence-electron chi connectivity index (χ3n) is 4.73. The number of hydrogen-bond donors (Lipinski definition) is 1. The number of halogens is 1. The number of nitrogens with zero attached hydrogens (tertiary/aromatic N) is 2. The lowest BCUT2D eigenvalue weighted by Gasteiger charge is -2.37. The molecule has 0 spiro atoms. The number of benzene rings is 2. The van der Waals surface area contributed by atoms with Crippen LogP contribution in [0.5, 0.6) is 5.75 Å². The minimum atomic E-state index is -0.245. The van der Waals surface area contributed by atoms with Crippen LogP contribution in [0.1, 0.15) is 5.56 Å². The van der Waals surface area contributed by atoms with Crippen LogP contribution < -0.4 is 15.0 Å². The van der Waals surface area contributed by atoms with Gasteiger partial charge in [0.15, 0.2) is 5.13 Å². The Labute approximate surface area is 160 Å². The summed E-state index contributed by atoms with van der Waals surface area (Å²) >= 11 is 1.61. The highest BCUT2D eigenvalue weighted by atomic mass is 32.1. The monoisotopic (exact) mass is 385 g/mol. The lowest BCUT2D eigenvalue weighted by atomic mass is 10.00. The Balaban J connectivity index is 1.27. The van der Waals surface area contributed by atoms with Crippen LogP contribution in [-0.2, 0) is 11.2 Å². The van der Waals surface area contributed by atoms with Gasteiger partial charge in [-0.2, -0.15) is 0 Å². The molecule has 0 atom stereocenters. The molecule has 0 bridgehead atoms. The third kappa shape index (κ3) is 3.88. The van der Waals surface area contributed by atoms with Gasteiger partial charge in [0, 0.05) is 19.6 Å². The molecular formula is C20H20FN3O2S. The van der Waals surface area contributed by atoms with E-state index in [0.717, 1.165) is 26.7 Å². The molecule has 0 unspecified atom stereocenters. The smallest absolute Gasteiger partial charge is 0.226 e. The van der Waals surface area contributed by atoms with E-state index in [1.165, 1.54) is 12.1 Å². The van der Waals surface area contributed by atoms with Crippen LogP contribution in [0.3, 0.4) is 0 Å². The lowest BCUT2D eigenvalue weighted by Crippen LogP contribution is -2.54. The molecule has 27 heavy (non-hydrogen) atoms. The molecule has 1 fully saturated rings. The van der Waals surface area contributed by atoms with E-state index >= 15 is 0 Å². The van der Waals surface area contributed by atoms with Gasteiger partial charge in [-0.05, 0) is 42.3 Å². The van der Waals surface area contributed by atoms with Crippen LogP contribution >= 0.6 is 11.3 Å². The first-order chi connectivity index (χ1) is 13.1. The molecule has 5 nitrogen and oxygen atoms in total. The predicted octanol–water partition coefficient (Wildman–Crippen LogP) is 3.24. The Morgan fingerprint density at radius 1 is 1.30 bits per heavy atom. The number of nitrogens with one attached hydrogen (secondary N) is 1. The zero-order valence-corrected chi connectivity index (χ0v) is 15.8. The maximum atomic E-state index is 12.9. The van der Waals surface area contributed by atoms with E-state index in [0.29, 0.717) is 26.1 Å². The van der Waals surface area contributed by atoms with Crippen molar-refractivity contribution in [2.75, 3.05) is 31.6 Å². The van der Waals surface area contributed by atoms with Gasteiger partial charge < -0.3 is 15.0 Å². The zero-order valence-electron chi connectivity index (χ0n) is 14.9. The molecule has 1 amide bonds. The van der Waals surface area contributed by atoms with Crippen molar-refractivity contribution in [2.24, 2.45) is 5.92 Å². The number of aromatic nitrogens is 1. The SMILES string of the molecule is COc1ccc2nc(N3CC(C(=O)NCCc4ccc(F)cc4)C3)sc2c1. The summed E-state index contributed by atoms with van der Waals surface area (Å²) in [4.78, 5) is 19.0. The van der Waals surface area contributed by atoms with Crippen molar-refractivity contribution in [3.05, 3.63) is 53.8 Å². The van der Waals surface area contributed by atoms with Crippen LogP contribution in [0.2, 0.25) is 0 Å². The van der Waals surface area contributed by atoms with E-state index in [1.807, 2.05) is 18.2 Å². The van der Waals surface area contributed by atoms with Crippen LogP contribution in [0.15, 0.2) is 42.5 Å². The molecule has 1 aromatic heterocycles. The summed E-state index contributed by atoms with van der Waals surface area (Å²) in [6.45, 7) is 1.92. The minimum absolute atomic E-state index is 0.0141. The maximum absolute atomic E-state index is 12.9. The number of ether oxygens (including phenoxy) is 1. The standard InChI is InChI=1S/C20H20FN3O2S/c1-26-16-6-7-17-18(10-16)27-20(23-17)24-11-14(12-24)19(25)22-9-8-13-2-4-15(21)5-3-13/h2-7,10,14H,8-9,11-12H2,1H3,(H,22,25). The first-order valence-corrected chi connectivity index (χ1v) is 9.66. The third-order valence-corrected chi connectivity index (χ3v) is 5.81. The predicted molar refractivity (Wildman–Crippen MR) is 105 cm³/mol. The number of amides is 1. The number of hydrogen-bond acceptors (Lipinski definition) is 5. The van der Waals surface area contributed by atoms with Gasteiger partial charge in [-0.1, -0.05) is 23.5 Å². The molecule has 4 rings (SSSR count). The molecule has 0 aliphatic carbocycles. The van der Waals surface area contributed by atoms with Crippen molar-refractivity contribution in [1.29, 1.82) is 0 Å². The molecule has 1 N–H and O–H groups in total. The molecule has 140 valence electrons. The fourth-order valence-corrected chi connectivity index (χ4v) is 4.09. The molecule has 1 aliphatic rings. The van der Waals surface area contributed by atoms with Crippen LogP contribution in [0, 0.1) is 11.7 Å². The van der Waals surface area contributed by atoms with Gasteiger partial charge in [0.25, 0.3) is 0 Å². The van der Waals surface area contributed by atoms with Gasteiger partial charge in [0.05, 0.1) is 23.2 Å². The first-order valence-electron chi connectivity index (χ1n) is 8.84. The fourth-order valence-electron chi connectivity index (χ4n) is 3.08. The molecule has 7 heteroatoms. The number of thiazole rings is 1. The van der Waals surface area contributed by atoms with Crippen LogP contribution in [0.4, 0.5) is 9.52 Å². The van der Waals surface area contributed by atoms with E-state index in [1.54, 1.807) is 30.6 Å². The van der Waals surface area contributed by atoms with Crippen LogP contribution in [0.25, 0.3) is 10.2 Å². The number of anilines is 1. The number of rotatable bonds is 6. The second-order valence-corrected chi connectivity index (χ2v) is 7.61. The average Bonchev–Trinajstić information content (AvgIpc) is 3.04. The normalized spacial score (nSPS) is 14.2. The minimum Gasteiger partial charge on any atom is -0.497 e. The summed E-state index contributed by atoms with van der Waals surface area (Å²) in [5.74, 6) is 0.626. The summed E-state index contributed by atoms with van der Waals surface area (Å²) in [6, 6.07) is 12.2. The number of methoxy groups -OCH3 is 1. The Kier molecular flexibility index (Phi) is 4.94. The summed E-state index contributed by atoms with van der Waals surface area (Å²) in [5.41, 5.74) is 1.96. The maximum Gasteiger partial charge on any atom is 0.226 e. The quantitative estimate of drug-likeness (QED) is 0.708. The average molecular weight is 385 g/mol. The fraction of sp³-hybridized carbons (Fsp3) is 0.300. The lowest BCUT2D eigenvalue weighted by molar-refractivity contribution is -0.125. The van der Waals surface area contributed by atoms with E-state index in [4.69, 9.17) is 4.74 Å². The summed E-state index contributed by atoms with van der Waals surface area (Å²) in [7, 11) is 1.65. The van der Waals surface area contributed by atoms with Gasteiger partial charge in [0.2, 0.25) is 5.91 Å². The largest absolute Gasteiger partial charge is 0.497 e. The summed E-state index contributed by atoms with van der Waals surface area (Å²) < 4.78 is 19.2. The highest BCUT2D eigenvalue weighted by molar-refractivity contribution is 7.22. The topological polar surface area (TPSA) is 54.5 Å². The molecule has 1 aliphatic heterocycles. The first kappa shape index (κ1) is 17.7. The number of carbonyl (C=O) groups excluding carboxylic acids is 1. The van der Waals surface area contributed by atoms with Gasteiger partial charge in [0.1, 0.15) is 11.6 Å². The van der Waals surface area contributed by atoms with Gasteiger partial charge in [-0.15, -0.1) is 0 Å². The Hall–Kier alpha value is -2.67.